The van der Waals surface area contributed by atoms with Crippen LogP contribution in [0.15, 0.2) is 24.3 Å². The van der Waals surface area contributed by atoms with Crippen molar-refractivity contribution in [3.8, 4) is 0 Å². The Labute approximate surface area is 185 Å². The van der Waals surface area contributed by atoms with Crippen molar-refractivity contribution in [3.05, 3.63) is 35.4 Å². The lowest BCUT2D eigenvalue weighted by Crippen LogP contribution is -2.03. The van der Waals surface area contributed by atoms with E-state index in [1.807, 2.05) is 19.1 Å². The normalized spacial score (nSPS) is 12.2. The molecule has 30 heavy (non-hydrogen) atoms. The number of carbonyl (C=O) groups is 1. The molecule has 0 aliphatic heterocycles. The van der Waals surface area contributed by atoms with Gasteiger partial charge in [-0.05, 0) is 31.0 Å². The molecule has 1 aromatic carbocycles. The van der Waals surface area contributed by atoms with Crippen LogP contribution in [0.1, 0.15) is 139 Å². The van der Waals surface area contributed by atoms with Gasteiger partial charge < -0.3 is 9.84 Å². The van der Waals surface area contributed by atoms with Gasteiger partial charge in [0.25, 0.3) is 0 Å². The molecule has 0 spiro atoms. The number of benzene rings is 1. The third kappa shape index (κ3) is 13.8. The van der Waals surface area contributed by atoms with Crippen molar-refractivity contribution < 1.29 is 14.6 Å². The van der Waals surface area contributed by atoms with Crippen molar-refractivity contribution >= 4 is 5.97 Å². The van der Waals surface area contributed by atoms with E-state index in [2.05, 4.69) is 6.92 Å². The average molecular weight is 419 g/mol. The maximum absolute atomic E-state index is 10.9. The maximum atomic E-state index is 10.9. The highest BCUT2D eigenvalue weighted by Crippen LogP contribution is 2.18. The van der Waals surface area contributed by atoms with Crippen LogP contribution in [0.3, 0.4) is 0 Å². The largest absolute Gasteiger partial charge is 0.478 e. The molecule has 0 amide bonds. The van der Waals surface area contributed by atoms with Crippen LogP contribution in [0.4, 0.5) is 0 Å². The molecular weight excluding hydrogens is 372 g/mol. The number of rotatable bonds is 20. The second-order valence-electron chi connectivity index (χ2n) is 8.74. The number of carboxylic acids is 1. The number of carboxylic acid groups (broad SMARTS) is 1. The van der Waals surface area contributed by atoms with Gasteiger partial charge in [0.1, 0.15) is 0 Å². The zero-order chi connectivity index (χ0) is 21.9. The number of aromatic carboxylic acids is 1. The number of ether oxygens (including phenoxy) is 1. The first-order chi connectivity index (χ1) is 14.6. The van der Waals surface area contributed by atoms with Crippen LogP contribution in [-0.2, 0) is 4.74 Å². The lowest BCUT2D eigenvalue weighted by molar-refractivity contribution is 0.0624. The van der Waals surface area contributed by atoms with E-state index in [1.54, 1.807) is 12.1 Å². The summed E-state index contributed by atoms with van der Waals surface area (Å²) in [5.74, 6) is -0.886. The van der Waals surface area contributed by atoms with Gasteiger partial charge in [-0.2, -0.15) is 0 Å². The SMILES string of the molecule is CCCCCCCCCCCCCCCCCCOC(C)c1ccc(C(=O)O)cc1. The summed E-state index contributed by atoms with van der Waals surface area (Å²) in [4.78, 5) is 10.9. The second kappa shape index (κ2) is 18.4. The monoisotopic (exact) mass is 418 g/mol. The molecule has 0 aliphatic carbocycles. The van der Waals surface area contributed by atoms with Crippen LogP contribution in [0.25, 0.3) is 0 Å². The van der Waals surface area contributed by atoms with Gasteiger partial charge in [0.2, 0.25) is 0 Å². The minimum Gasteiger partial charge on any atom is -0.478 e. The van der Waals surface area contributed by atoms with Crippen molar-refractivity contribution in [2.24, 2.45) is 0 Å². The van der Waals surface area contributed by atoms with E-state index in [-0.39, 0.29) is 6.10 Å². The van der Waals surface area contributed by atoms with Gasteiger partial charge in [0.15, 0.2) is 0 Å². The Hall–Kier alpha value is -1.35. The van der Waals surface area contributed by atoms with E-state index in [9.17, 15) is 4.79 Å². The Morgan fingerprint density at radius 1 is 0.733 bits per heavy atom. The van der Waals surface area contributed by atoms with E-state index in [0.717, 1.165) is 18.6 Å². The van der Waals surface area contributed by atoms with Crippen LogP contribution in [0.2, 0.25) is 0 Å². The lowest BCUT2D eigenvalue weighted by atomic mass is 10.0. The van der Waals surface area contributed by atoms with Gasteiger partial charge in [-0.1, -0.05) is 115 Å². The first kappa shape index (κ1) is 26.7. The first-order valence-electron chi connectivity index (χ1n) is 12.6. The van der Waals surface area contributed by atoms with Crippen LogP contribution >= 0.6 is 0 Å². The summed E-state index contributed by atoms with van der Waals surface area (Å²) in [6, 6.07) is 6.99. The molecule has 3 heteroatoms. The van der Waals surface area contributed by atoms with Crippen LogP contribution in [0.5, 0.6) is 0 Å². The Morgan fingerprint density at radius 3 is 1.53 bits per heavy atom. The number of hydrogen-bond acceptors (Lipinski definition) is 2. The van der Waals surface area contributed by atoms with Crippen LogP contribution in [0, 0.1) is 0 Å². The highest BCUT2D eigenvalue weighted by Gasteiger charge is 2.07. The van der Waals surface area contributed by atoms with E-state index >= 15 is 0 Å². The molecule has 1 atom stereocenters. The molecule has 1 rings (SSSR count). The maximum Gasteiger partial charge on any atom is 0.335 e. The molecular formula is C27H46O3. The Morgan fingerprint density at radius 2 is 1.13 bits per heavy atom. The predicted molar refractivity (Wildman–Crippen MR) is 127 cm³/mol. The molecule has 1 N–H and O–H groups in total. The number of unbranched alkanes of at least 4 members (excludes halogenated alkanes) is 15. The minimum absolute atomic E-state index is 0.0178. The molecule has 172 valence electrons. The van der Waals surface area contributed by atoms with E-state index in [0.29, 0.717) is 5.56 Å². The van der Waals surface area contributed by atoms with E-state index < -0.39 is 5.97 Å². The summed E-state index contributed by atoms with van der Waals surface area (Å²) >= 11 is 0. The molecule has 0 fully saturated rings. The third-order valence-electron chi connectivity index (χ3n) is 5.99. The highest BCUT2D eigenvalue weighted by molar-refractivity contribution is 5.87. The number of hydrogen-bond donors (Lipinski definition) is 1. The molecule has 0 aromatic heterocycles. The molecule has 0 saturated carbocycles. The predicted octanol–water partition coefficient (Wildman–Crippen LogP) is 8.72. The standard InChI is InChI=1S/C27H46O3/c1-3-4-5-6-7-8-9-10-11-12-13-14-15-16-17-18-23-30-24(2)25-19-21-26(22-20-25)27(28)29/h19-22,24H,3-18,23H2,1-2H3,(H,28,29). The summed E-state index contributed by atoms with van der Waals surface area (Å²) in [5.41, 5.74) is 1.36. The van der Waals surface area contributed by atoms with Crippen molar-refractivity contribution in [2.45, 2.75) is 123 Å². The lowest BCUT2D eigenvalue weighted by Gasteiger charge is -2.13. The molecule has 3 nitrogen and oxygen atoms in total. The topological polar surface area (TPSA) is 46.5 Å². The molecule has 0 radical (unpaired) electrons. The van der Waals surface area contributed by atoms with E-state index in [4.69, 9.17) is 9.84 Å². The smallest absolute Gasteiger partial charge is 0.335 e. The Kier molecular flexibility index (Phi) is 16.4. The van der Waals surface area contributed by atoms with Gasteiger partial charge >= 0.3 is 5.97 Å². The molecule has 1 unspecified atom stereocenters. The van der Waals surface area contributed by atoms with Crippen molar-refractivity contribution in [3.63, 3.8) is 0 Å². The van der Waals surface area contributed by atoms with Crippen LogP contribution < -0.4 is 0 Å². The fourth-order valence-corrected chi connectivity index (χ4v) is 3.90. The van der Waals surface area contributed by atoms with Crippen molar-refractivity contribution in [1.82, 2.24) is 0 Å². The second-order valence-corrected chi connectivity index (χ2v) is 8.74. The fraction of sp³-hybridized carbons (Fsp3) is 0.741. The van der Waals surface area contributed by atoms with Gasteiger partial charge in [0, 0.05) is 6.61 Å². The summed E-state index contributed by atoms with van der Waals surface area (Å²) < 4.78 is 5.90. The minimum atomic E-state index is -0.886. The highest BCUT2D eigenvalue weighted by atomic mass is 16.5. The zero-order valence-corrected chi connectivity index (χ0v) is 19.7. The van der Waals surface area contributed by atoms with Gasteiger partial charge in [-0.15, -0.1) is 0 Å². The Balaban J connectivity index is 1.84. The molecule has 0 aliphatic rings. The third-order valence-corrected chi connectivity index (χ3v) is 5.99. The molecule has 0 bridgehead atoms. The zero-order valence-electron chi connectivity index (χ0n) is 19.7. The Bertz CT molecular complexity index is 523. The molecule has 0 heterocycles. The quantitative estimate of drug-likeness (QED) is 0.215. The van der Waals surface area contributed by atoms with Gasteiger partial charge in [-0.25, -0.2) is 4.79 Å². The average Bonchev–Trinajstić information content (AvgIpc) is 2.75. The van der Waals surface area contributed by atoms with Gasteiger partial charge in [0.05, 0.1) is 11.7 Å². The fourth-order valence-electron chi connectivity index (χ4n) is 3.90. The summed E-state index contributed by atoms with van der Waals surface area (Å²) in [5, 5.41) is 8.95. The van der Waals surface area contributed by atoms with Crippen molar-refractivity contribution in [1.29, 1.82) is 0 Å². The molecule has 1 aromatic rings. The first-order valence-corrected chi connectivity index (χ1v) is 12.6. The van der Waals surface area contributed by atoms with Gasteiger partial charge in [-0.3, -0.25) is 0 Å². The summed E-state index contributed by atoms with van der Waals surface area (Å²) in [6.07, 6.45) is 22.0. The van der Waals surface area contributed by atoms with Crippen molar-refractivity contribution in [2.75, 3.05) is 6.61 Å². The molecule has 0 saturated heterocycles. The van der Waals surface area contributed by atoms with E-state index in [1.165, 1.54) is 96.3 Å². The summed E-state index contributed by atoms with van der Waals surface area (Å²) in [6.45, 7) is 5.09. The van der Waals surface area contributed by atoms with Crippen LogP contribution in [-0.4, -0.2) is 17.7 Å². The summed E-state index contributed by atoms with van der Waals surface area (Å²) in [7, 11) is 0.